The highest BCUT2D eigenvalue weighted by Gasteiger charge is 2.17. The van der Waals surface area contributed by atoms with Crippen molar-refractivity contribution in [3.63, 3.8) is 0 Å². The minimum Gasteiger partial charge on any atom is -0.346 e. The van der Waals surface area contributed by atoms with E-state index >= 15 is 0 Å². The van der Waals surface area contributed by atoms with Gasteiger partial charge in [-0.25, -0.2) is 18.1 Å². The number of carbonyl (C=O) groups excluding carboxylic acids is 1. The molecule has 0 aliphatic rings. The lowest BCUT2D eigenvalue weighted by molar-refractivity contribution is 0.0950. The molecule has 142 valence electrons. The van der Waals surface area contributed by atoms with Crippen molar-refractivity contribution >= 4 is 33.2 Å². The molecule has 0 atom stereocenters. The van der Waals surface area contributed by atoms with Crippen LogP contribution in [0.3, 0.4) is 0 Å². The average Bonchev–Trinajstić information content (AvgIpc) is 3.00. The Morgan fingerprint density at radius 2 is 2.00 bits per heavy atom. The Labute approximate surface area is 162 Å². The van der Waals surface area contributed by atoms with Gasteiger partial charge in [-0.3, -0.25) is 4.79 Å². The number of amides is 1. The number of pyridine rings is 1. The van der Waals surface area contributed by atoms with Gasteiger partial charge >= 0.3 is 0 Å². The number of imidazole rings is 1. The second-order valence-electron chi connectivity index (χ2n) is 6.33. The molecule has 0 saturated carbocycles. The number of sulfonamides is 1. The molecule has 0 aliphatic carbocycles. The zero-order valence-electron chi connectivity index (χ0n) is 14.8. The van der Waals surface area contributed by atoms with E-state index in [2.05, 4.69) is 15.0 Å². The van der Waals surface area contributed by atoms with Gasteiger partial charge in [0.25, 0.3) is 5.91 Å². The standard InChI is InChI=1S/C18H19ClN4O3S/c1-12(2)22-27(25,26)16-5-3-4-13(8-16)18(24)20-9-15-11-23-10-14(19)6-7-17(23)21-15/h3-8,10-12,22H,9H2,1-2H3,(H,20,24). The Kier molecular flexibility index (Phi) is 5.50. The van der Waals surface area contributed by atoms with Crippen LogP contribution in [0.4, 0.5) is 0 Å². The van der Waals surface area contributed by atoms with Crippen LogP contribution in [0.1, 0.15) is 29.9 Å². The molecule has 2 heterocycles. The summed E-state index contributed by atoms with van der Waals surface area (Å²) in [6.07, 6.45) is 3.50. The molecule has 0 aliphatic heterocycles. The fraction of sp³-hybridized carbons (Fsp3) is 0.222. The highest BCUT2D eigenvalue weighted by atomic mass is 35.5. The molecular formula is C18H19ClN4O3S. The van der Waals surface area contributed by atoms with E-state index in [0.29, 0.717) is 10.7 Å². The van der Waals surface area contributed by atoms with Crippen LogP contribution >= 0.6 is 11.6 Å². The van der Waals surface area contributed by atoms with E-state index in [4.69, 9.17) is 11.6 Å². The van der Waals surface area contributed by atoms with Gasteiger partial charge in [-0.05, 0) is 44.2 Å². The van der Waals surface area contributed by atoms with Crippen molar-refractivity contribution < 1.29 is 13.2 Å². The molecule has 0 radical (unpaired) electrons. The van der Waals surface area contributed by atoms with Crippen LogP contribution in [0.25, 0.3) is 5.65 Å². The summed E-state index contributed by atoms with van der Waals surface area (Å²) in [6, 6.07) is 9.18. The van der Waals surface area contributed by atoms with E-state index in [9.17, 15) is 13.2 Å². The summed E-state index contributed by atoms with van der Waals surface area (Å²) < 4.78 is 28.8. The van der Waals surface area contributed by atoms with Gasteiger partial charge in [-0.2, -0.15) is 0 Å². The number of aromatic nitrogens is 2. The van der Waals surface area contributed by atoms with Crippen LogP contribution in [0.15, 0.2) is 53.7 Å². The Bertz CT molecular complexity index is 1090. The van der Waals surface area contributed by atoms with E-state index in [1.54, 1.807) is 48.8 Å². The first kappa shape index (κ1) is 19.3. The minimum absolute atomic E-state index is 0.0474. The molecule has 0 unspecified atom stereocenters. The number of nitrogens with one attached hydrogen (secondary N) is 2. The van der Waals surface area contributed by atoms with E-state index in [1.165, 1.54) is 18.2 Å². The Morgan fingerprint density at radius 1 is 1.22 bits per heavy atom. The van der Waals surface area contributed by atoms with Gasteiger partial charge in [0.05, 0.1) is 22.2 Å². The highest BCUT2D eigenvalue weighted by Crippen LogP contribution is 2.14. The third-order valence-corrected chi connectivity index (χ3v) is 5.57. The third-order valence-electron chi connectivity index (χ3n) is 3.69. The maximum absolute atomic E-state index is 12.4. The lowest BCUT2D eigenvalue weighted by Crippen LogP contribution is -2.30. The number of fused-ring (bicyclic) bond motifs is 1. The first-order valence-corrected chi connectivity index (χ1v) is 10.1. The lowest BCUT2D eigenvalue weighted by atomic mass is 10.2. The van der Waals surface area contributed by atoms with E-state index in [1.807, 2.05) is 0 Å². The topological polar surface area (TPSA) is 92.6 Å². The number of hydrogen-bond acceptors (Lipinski definition) is 4. The van der Waals surface area contributed by atoms with Crippen LogP contribution < -0.4 is 10.0 Å². The fourth-order valence-corrected chi connectivity index (χ4v) is 4.02. The van der Waals surface area contributed by atoms with Crippen molar-refractivity contribution in [2.24, 2.45) is 0 Å². The largest absolute Gasteiger partial charge is 0.346 e. The van der Waals surface area contributed by atoms with E-state index in [0.717, 1.165) is 5.65 Å². The second kappa shape index (κ2) is 7.67. The maximum Gasteiger partial charge on any atom is 0.251 e. The molecule has 0 saturated heterocycles. The summed E-state index contributed by atoms with van der Waals surface area (Å²) >= 11 is 5.95. The van der Waals surface area contributed by atoms with Crippen molar-refractivity contribution in [3.05, 3.63) is 65.1 Å². The van der Waals surface area contributed by atoms with Crippen LogP contribution in [0.5, 0.6) is 0 Å². The lowest BCUT2D eigenvalue weighted by Gasteiger charge is -2.10. The number of hydrogen-bond donors (Lipinski definition) is 2. The Morgan fingerprint density at radius 3 is 2.74 bits per heavy atom. The summed E-state index contributed by atoms with van der Waals surface area (Å²) in [6.45, 7) is 3.67. The molecule has 3 rings (SSSR count). The predicted octanol–water partition coefficient (Wildman–Crippen LogP) is 2.60. The molecule has 7 nitrogen and oxygen atoms in total. The van der Waals surface area contributed by atoms with Crippen LogP contribution in [0, 0.1) is 0 Å². The molecule has 0 fully saturated rings. The normalized spacial score (nSPS) is 11.9. The molecule has 0 spiro atoms. The SMILES string of the molecule is CC(C)NS(=O)(=O)c1cccc(C(=O)NCc2cn3cc(Cl)ccc3n2)c1. The molecule has 3 aromatic rings. The molecule has 1 aromatic carbocycles. The zero-order chi connectivity index (χ0) is 19.6. The van der Waals surface area contributed by atoms with Gasteiger partial charge in [0.2, 0.25) is 10.0 Å². The summed E-state index contributed by atoms with van der Waals surface area (Å²) in [5, 5.41) is 3.33. The van der Waals surface area contributed by atoms with Crippen molar-refractivity contribution in [2.75, 3.05) is 0 Å². The van der Waals surface area contributed by atoms with Crippen LogP contribution in [0.2, 0.25) is 5.02 Å². The van der Waals surface area contributed by atoms with E-state index < -0.39 is 10.0 Å². The van der Waals surface area contributed by atoms with Gasteiger partial charge in [0, 0.05) is 24.0 Å². The Hall–Kier alpha value is -2.42. The molecule has 2 N–H and O–H groups in total. The fourth-order valence-electron chi connectivity index (χ4n) is 2.56. The molecule has 1 amide bonds. The third kappa shape index (κ3) is 4.65. The maximum atomic E-state index is 12.4. The monoisotopic (exact) mass is 406 g/mol. The van der Waals surface area contributed by atoms with Gasteiger partial charge in [0.15, 0.2) is 0 Å². The number of rotatable bonds is 6. The minimum atomic E-state index is -3.66. The number of nitrogens with zero attached hydrogens (tertiary/aromatic N) is 2. The Balaban J connectivity index is 1.73. The van der Waals surface area contributed by atoms with Gasteiger partial charge < -0.3 is 9.72 Å². The van der Waals surface area contributed by atoms with Crippen molar-refractivity contribution in [1.29, 1.82) is 0 Å². The number of halogens is 1. The van der Waals surface area contributed by atoms with Gasteiger partial charge in [-0.1, -0.05) is 17.7 Å². The summed E-state index contributed by atoms with van der Waals surface area (Å²) in [5.41, 5.74) is 1.64. The molecule has 0 bridgehead atoms. The number of carbonyl (C=O) groups is 1. The first-order valence-electron chi connectivity index (χ1n) is 8.28. The van der Waals surface area contributed by atoms with Crippen molar-refractivity contribution in [3.8, 4) is 0 Å². The molecule has 9 heteroatoms. The van der Waals surface area contributed by atoms with Gasteiger partial charge in [-0.15, -0.1) is 0 Å². The summed E-state index contributed by atoms with van der Waals surface area (Å²) in [7, 11) is -3.66. The van der Waals surface area contributed by atoms with Crippen LogP contribution in [-0.4, -0.2) is 29.8 Å². The van der Waals surface area contributed by atoms with Gasteiger partial charge in [0.1, 0.15) is 5.65 Å². The van der Waals surface area contributed by atoms with Crippen LogP contribution in [-0.2, 0) is 16.6 Å². The molecular weight excluding hydrogens is 388 g/mol. The summed E-state index contributed by atoms with van der Waals surface area (Å²) in [4.78, 5) is 16.8. The first-order chi connectivity index (χ1) is 12.7. The molecule has 27 heavy (non-hydrogen) atoms. The highest BCUT2D eigenvalue weighted by molar-refractivity contribution is 7.89. The van der Waals surface area contributed by atoms with Crippen molar-refractivity contribution in [2.45, 2.75) is 31.3 Å². The average molecular weight is 407 g/mol. The molecule has 2 aromatic heterocycles. The van der Waals surface area contributed by atoms with Crippen molar-refractivity contribution in [1.82, 2.24) is 19.4 Å². The quantitative estimate of drug-likeness (QED) is 0.658. The smallest absolute Gasteiger partial charge is 0.251 e. The number of benzene rings is 1. The zero-order valence-corrected chi connectivity index (χ0v) is 16.4. The van der Waals surface area contributed by atoms with E-state index in [-0.39, 0.29) is 29.0 Å². The predicted molar refractivity (Wildman–Crippen MR) is 103 cm³/mol. The second-order valence-corrected chi connectivity index (χ2v) is 8.48. The summed E-state index contributed by atoms with van der Waals surface area (Å²) in [5.74, 6) is -0.383.